The molecule has 0 aliphatic rings. The summed E-state index contributed by atoms with van der Waals surface area (Å²) in [6, 6.07) is 6.53. The highest BCUT2D eigenvalue weighted by Crippen LogP contribution is 2.25. The van der Waals surface area contributed by atoms with Gasteiger partial charge in [-0.05, 0) is 26.0 Å². The van der Waals surface area contributed by atoms with E-state index in [1.165, 1.54) is 6.07 Å². The number of carboxylic acid groups (broad SMARTS) is 1. The second-order valence-electron chi connectivity index (χ2n) is 4.64. The number of aromatic carboxylic acids is 1. The smallest absolute Gasteiger partial charge is 0.339 e. The molecule has 2 aromatic rings. The van der Waals surface area contributed by atoms with Gasteiger partial charge in [-0.2, -0.15) is 0 Å². The van der Waals surface area contributed by atoms with Crippen LogP contribution in [-0.4, -0.2) is 23.2 Å². The van der Waals surface area contributed by atoms with Gasteiger partial charge in [0.15, 0.2) is 0 Å². The summed E-state index contributed by atoms with van der Waals surface area (Å²) in [7, 11) is 1.61. The zero-order chi connectivity index (χ0) is 15.4. The Balaban J connectivity index is 2.23. The number of methoxy groups -OCH3 is 1. The third-order valence-corrected chi connectivity index (χ3v) is 3.23. The Morgan fingerprint density at radius 2 is 2.00 bits per heavy atom. The molecule has 0 spiro atoms. The number of aromatic nitrogens is 1. The third kappa shape index (κ3) is 3.13. The number of hydrogen-bond acceptors (Lipinski definition) is 4. The molecule has 0 amide bonds. The molecule has 1 N–H and O–H groups in total. The van der Waals surface area contributed by atoms with Gasteiger partial charge in [0.05, 0.1) is 12.8 Å². The summed E-state index contributed by atoms with van der Waals surface area (Å²) in [6.45, 7) is 4.01. The van der Waals surface area contributed by atoms with E-state index in [1.54, 1.807) is 31.5 Å². The highest BCUT2D eigenvalue weighted by molar-refractivity contribution is 5.90. The molecule has 0 aliphatic heterocycles. The van der Waals surface area contributed by atoms with E-state index in [0.717, 1.165) is 22.6 Å². The number of hydrogen-bond donors (Lipinski definition) is 1. The summed E-state index contributed by atoms with van der Waals surface area (Å²) in [6.07, 6.45) is 1.72. The highest BCUT2D eigenvalue weighted by Gasteiger charge is 2.13. The molecular formula is C16H17NO4. The molecule has 0 unspecified atom stereocenters. The number of para-hydroxylation sites is 1. The van der Waals surface area contributed by atoms with E-state index in [2.05, 4.69) is 4.98 Å². The average Bonchev–Trinajstić information content (AvgIpc) is 2.47. The van der Waals surface area contributed by atoms with Gasteiger partial charge in [0.2, 0.25) is 0 Å². The lowest BCUT2D eigenvalue weighted by Gasteiger charge is -2.13. The van der Waals surface area contributed by atoms with Crippen LogP contribution in [0.3, 0.4) is 0 Å². The van der Waals surface area contributed by atoms with Crippen molar-refractivity contribution in [1.29, 1.82) is 0 Å². The second-order valence-corrected chi connectivity index (χ2v) is 4.64. The SMILES string of the molecule is COc1c(C)cnc(COc2ccccc2C(=O)O)c1C. The quantitative estimate of drug-likeness (QED) is 0.915. The Morgan fingerprint density at radius 3 is 2.67 bits per heavy atom. The first kappa shape index (κ1) is 14.8. The Morgan fingerprint density at radius 1 is 1.29 bits per heavy atom. The predicted molar refractivity (Wildman–Crippen MR) is 78.0 cm³/mol. The van der Waals surface area contributed by atoms with E-state index in [-0.39, 0.29) is 12.2 Å². The maximum Gasteiger partial charge on any atom is 0.339 e. The Labute approximate surface area is 123 Å². The predicted octanol–water partition coefficient (Wildman–Crippen LogP) is 2.98. The van der Waals surface area contributed by atoms with Crippen molar-refractivity contribution in [2.45, 2.75) is 20.5 Å². The molecule has 0 aliphatic carbocycles. The average molecular weight is 287 g/mol. The summed E-state index contributed by atoms with van der Waals surface area (Å²) < 4.78 is 10.9. The minimum Gasteiger partial charge on any atom is -0.496 e. The van der Waals surface area contributed by atoms with Gasteiger partial charge in [-0.25, -0.2) is 4.79 Å². The van der Waals surface area contributed by atoms with Crippen LogP contribution in [0, 0.1) is 13.8 Å². The maximum absolute atomic E-state index is 11.1. The number of carboxylic acids is 1. The van der Waals surface area contributed by atoms with Crippen molar-refractivity contribution < 1.29 is 19.4 Å². The maximum atomic E-state index is 11.1. The Kier molecular flexibility index (Phi) is 4.42. The van der Waals surface area contributed by atoms with Crippen LogP contribution in [0.15, 0.2) is 30.5 Å². The van der Waals surface area contributed by atoms with Gasteiger partial charge in [-0.3, -0.25) is 4.98 Å². The van der Waals surface area contributed by atoms with Crippen molar-refractivity contribution in [3.63, 3.8) is 0 Å². The van der Waals surface area contributed by atoms with Gasteiger partial charge < -0.3 is 14.6 Å². The van der Waals surface area contributed by atoms with E-state index < -0.39 is 5.97 Å². The van der Waals surface area contributed by atoms with Crippen LogP contribution in [0.1, 0.15) is 27.2 Å². The molecule has 1 aromatic heterocycles. The fraction of sp³-hybridized carbons (Fsp3) is 0.250. The van der Waals surface area contributed by atoms with Gasteiger partial charge >= 0.3 is 5.97 Å². The molecule has 0 atom stereocenters. The van der Waals surface area contributed by atoms with E-state index in [0.29, 0.717) is 5.75 Å². The molecule has 0 saturated heterocycles. The highest BCUT2D eigenvalue weighted by atomic mass is 16.5. The molecule has 0 bridgehead atoms. The zero-order valence-corrected chi connectivity index (χ0v) is 12.2. The minimum absolute atomic E-state index is 0.134. The molecule has 0 saturated carbocycles. The number of aryl methyl sites for hydroxylation is 1. The van der Waals surface area contributed by atoms with Gasteiger partial charge in [-0.1, -0.05) is 12.1 Å². The first-order chi connectivity index (χ1) is 10.0. The Hall–Kier alpha value is -2.56. The zero-order valence-electron chi connectivity index (χ0n) is 12.2. The molecule has 110 valence electrons. The van der Waals surface area contributed by atoms with E-state index in [4.69, 9.17) is 14.6 Å². The summed E-state index contributed by atoms with van der Waals surface area (Å²) in [5.74, 6) is 0.0811. The molecule has 2 rings (SSSR count). The lowest BCUT2D eigenvalue weighted by atomic mass is 10.1. The molecule has 0 radical (unpaired) electrons. The lowest BCUT2D eigenvalue weighted by molar-refractivity contribution is 0.0691. The molecule has 0 fully saturated rings. The van der Waals surface area contributed by atoms with E-state index in [1.807, 2.05) is 13.8 Å². The first-order valence-corrected chi connectivity index (χ1v) is 6.48. The molecular weight excluding hydrogens is 270 g/mol. The van der Waals surface area contributed by atoms with Crippen LogP contribution >= 0.6 is 0 Å². The second kappa shape index (κ2) is 6.26. The number of nitrogens with zero attached hydrogens (tertiary/aromatic N) is 1. The number of pyridine rings is 1. The van der Waals surface area contributed by atoms with Crippen LogP contribution < -0.4 is 9.47 Å². The van der Waals surface area contributed by atoms with Crippen LogP contribution in [0.25, 0.3) is 0 Å². The molecule has 1 heterocycles. The van der Waals surface area contributed by atoms with Gasteiger partial charge in [0, 0.05) is 17.3 Å². The minimum atomic E-state index is -1.02. The number of benzene rings is 1. The lowest BCUT2D eigenvalue weighted by Crippen LogP contribution is -2.06. The van der Waals surface area contributed by atoms with E-state index >= 15 is 0 Å². The summed E-state index contributed by atoms with van der Waals surface area (Å²) >= 11 is 0. The molecule has 21 heavy (non-hydrogen) atoms. The summed E-state index contributed by atoms with van der Waals surface area (Å²) in [4.78, 5) is 15.5. The van der Waals surface area contributed by atoms with Crippen molar-refractivity contribution in [1.82, 2.24) is 4.98 Å². The molecule has 5 nitrogen and oxygen atoms in total. The van der Waals surface area contributed by atoms with Gasteiger partial charge in [0.1, 0.15) is 23.7 Å². The van der Waals surface area contributed by atoms with E-state index in [9.17, 15) is 4.79 Å². The molecule has 5 heteroatoms. The van der Waals surface area contributed by atoms with Crippen molar-refractivity contribution >= 4 is 5.97 Å². The van der Waals surface area contributed by atoms with Crippen LogP contribution in [-0.2, 0) is 6.61 Å². The topological polar surface area (TPSA) is 68.7 Å². The standard InChI is InChI=1S/C16H17NO4/c1-10-8-17-13(11(2)15(10)20-3)9-21-14-7-5-4-6-12(14)16(18)19/h4-8H,9H2,1-3H3,(H,18,19). The van der Waals surface area contributed by atoms with Crippen LogP contribution in [0.5, 0.6) is 11.5 Å². The number of rotatable bonds is 5. The summed E-state index contributed by atoms with van der Waals surface area (Å²) in [5.41, 5.74) is 2.70. The van der Waals surface area contributed by atoms with Crippen molar-refractivity contribution in [2.24, 2.45) is 0 Å². The van der Waals surface area contributed by atoms with Crippen LogP contribution in [0.2, 0.25) is 0 Å². The first-order valence-electron chi connectivity index (χ1n) is 6.48. The fourth-order valence-electron chi connectivity index (χ4n) is 2.13. The van der Waals surface area contributed by atoms with Gasteiger partial charge in [-0.15, -0.1) is 0 Å². The number of carbonyl (C=O) groups is 1. The largest absolute Gasteiger partial charge is 0.496 e. The third-order valence-electron chi connectivity index (χ3n) is 3.23. The number of ether oxygens (including phenoxy) is 2. The Bertz CT molecular complexity index is 667. The summed E-state index contributed by atoms with van der Waals surface area (Å²) in [5, 5.41) is 9.12. The normalized spacial score (nSPS) is 10.2. The van der Waals surface area contributed by atoms with Crippen molar-refractivity contribution in [3.05, 3.63) is 52.8 Å². The van der Waals surface area contributed by atoms with Gasteiger partial charge in [0.25, 0.3) is 0 Å². The van der Waals surface area contributed by atoms with Crippen molar-refractivity contribution in [2.75, 3.05) is 7.11 Å². The van der Waals surface area contributed by atoms with Crippen molar-refractivity contribution in [3.8, 4) is 11.5 Å². The fourth-order valence-corrected chi connectivity index (χ4v) is 2.13. The van der Waals surface area contributed by atoms with Crippen LogP contribution in [0.4, 0.5) is 0 Å². The molecule has 1 aromatic carbocycles. The monoisotopic (exact) mass is 287 g/mol.